The van der Waals surface area contributed by atoms with Crippen LogP contribution < -0.4 is 0 Å². The molecule has 0 N–H and O–H groups in total. The minimum Gasteiger partial charge on any atom is -0.439 e. The van der Waals surface area contributed by atoms with Gasteiger partial charge in [-0.2, -0.15) is 4.31 Å². The Balaban J connectivity index is 1.76. The van der Waals surface area contributed by atoms with E-state index in [1.54, 1.807) is 12.1 Å². The smallest absolute Gasteiger partial charge is 0.248 e. The summed E-state index contributed by atoms with van der Waals surface area (Å²) in [5.74, 6) is 0.488. The molecule has 7 nitrogen and oxygen atoms in total. The summed E-state index contributed by atoms with van der Waals surface area (Å²) in [5, 5.41) is 0.154. The third-order valence-corrected chi connectivity index (χ3v) is 7.46. The molecule has 0 amide bonds. The summed E-state index contributed by atoms with van der Waals surface area (Å²) < 4.78 is 39.8. The van der Waals surface area contributed by atoms with Crippen molar-refractivity contribution in [2.75, 3.05) is 39.4 Å². The molecule has 1 atom stereocenters. The van der Waals surface area contributed by atoms with Gasteiger partial charge in [-0.05, 0) is 12.1 Å². The monoisotopic (exact) mass is 413 g/mol. The maximum atomic E-state index is 13.4. The molecule has 148 valence electrons. The Morgan fingerprint density at radius 3 is 2.74 bits per heavy atom. The van der Waals surface area contributed by atoms with Crippen LogP contribution in [-0.2, 0) is 20.2 Å². The Kier molecular flexibility index (Phi) is 4.75. The molecule has 2 aromatic rings. The molecular formula is C18H24ClN3O4S. The van der Waals surface area contributed by atoms with Crippen LogP contribution in [0.2, 0.25) is 5.02 Å². The molecule has 1 aromatic carbocycles. The Bertz CT molecular complexity index is 967. The number of fused-ring (bicyclic) bond motifs is 2. The van der Waals surface area contributed by atoms with Crippen molar-refractivity contribution in [3.05, 3.63) is 23.0 Å². The highest BCUT2D eigenvalue weighted by Crippen LogP contribution is 2.36. The van der Waals surface area contributed by atoms with Crippen molar-refractivity contribution in [1.29, 1.82) is 0 Å². The molecular weight excluding hydrogens is 390 g/mol. The topological polar surface area (TPSA) is 75.9 Å². The van der Waals surface area contributed by atoms with Gasteiger partial charge in [0.25, 0.3) is 0 Å². The van der Waals surface area contributed by atoms with Crippen LogP contribution in [-0.4, -0.2) is 68.0 Å². The third-order valence-electron chi connectivity index (χ3n) is 5.10. The number of hydrogen-bond acceptors (Lipinski definition) is 6. The van der Waals surface area contributed by atoms with Gasteiger partial charge in [-0.15, -0.1) is 0 Å². The summed E-state index contributed by atoms with van der Waals surface area (Å²) >= 11 is 6.34. The maximum Gasteiger partial charge on any atom is 0.248 e. The molecule has 0 radical (unpaired) electrons. The zero-order valence-corrected chi connectivity index (χ0v) is 17.3. The Morgan fingerprint density at radius 1 is 1.22 bits per heavy atom. The Labute approximate surface area is 164 Å². The summed E-state index contributed by atoms with van der Waals surface area (Å²) in [7, 11) is -3.82. The van der Waals surface area contributed by atoms with Gasteiger partial charge in [0, 0.05) is 37.6 Å². The van der Waals surface area contributed by atoms with Crippen LogP contribution in [0.3, 0.4) is 0 Å². The molecule has 0 bridgehead atoms. The first kappa shape index (κ1) is 19.1. The van der Waals surface area contributed by atoms with Crippen molar-refractivity contribution in [2.24, 2.45) is 0 Å². The Morgan fingerprint density at radius 2 is 2.00 bits per heavy atom. The summed E-state index contributed by atoms with van der Waals surface area (Å²) in [5.41, 5.74) is 0.398. The number of sulfonamides is 1. The van der Waals surface area contributed by atoms with Crippen LogP contribution in [0.5, 0.6) is 0 Å². The molecule has 2 saturated heterocycles. The van der Waals surface area contributed by atoms with E-state index in [-0.39, 0.29) is 27.0 Å². The van der Waals surface area contributed by atoms with E-state index in [0.29, 0.717) is 44.3 Å². The van der Waals surface area contributed by atoms with E-state index >= 15 is 0 Å². The van der Waals surface area contributed by atoms with Crippen LogP contribution >= 0.6 is 11.6 Å². The van der Waals surface area contributed by atoms with E-state index in [9.17, 15) is 8.42 Å². The summed E-state index contributed by atoms with van der Waals surface area (Å²) in [6.45, 7) is 9.47. The molecule has 1 aromatic heterocycles. The number of piperazine rings is 1. The number of rotatable bonds is 2. The molecule has 9 heteroatoms. The fourth-order valence-electron chi connectivity index (χ4n) is 3.57. The molecule has 0 unspecified atom stereocenters. The van der Waals surface area contributed by atoms with Gasteiger partial charge in [-0.3, -0.25) is 4.90 Å². The first-order chi connectivity index (χ1) is 12.7. The number of benzene rings is 1. The number of hydrogen-bond donors (Lipinski definition) is 0. The van der Waals surface area contributed by atoms with Gasteiger partial charge in [0.2, 0.25) is 15.9 Å². The van der Waals surface area contributed by atoms with Gasteiger partial charge in [0.05, 0.1) is 18.2 Å². The summed E-state index contributed by atoms with van der Waals surface area (Å²) in [4.78, 5) is 6.76. The average Bonchev–Trinajstić information content (AvgIpc) is 3.05. The molecule has 0 saturated carbocycles. The van der Waals surface area contributed by atoms with Gasteiger partial charge >= 0.3 is 0 Å². The van der Waals surface area contributed by atoms with E-state index in [4.69, 9.17) is 20.8 Å². The largest absolute Gasteiger partial charge is 0.439 e. The third kappa shape index (κ3) is 3.38. The van der Waals surface area contributed by atoms with Crippen molar-refractivity contribution in [3.8, 4) is 0 Å². The van der Waals surface area contributed by atoms with Gasteiger partial charge in [-0.25, -0.2) is 13.4 Å². The first-order valence-corrected chi connectivity index (χ1v) is 10.9. The maximum absolute atomic E-state index is 13.4. The van der Waals surface area contributed by atoms with Crippen molar-refractivity contribution >= 4 is 32.7 Å². The number of halogens is 1. The van der Waals surface area contributed by atoms with Gasteiger partial charge in [-0.1, -0.05) is 32.4 Å². The molecule has 4 rings (SSSR count). The van der Waals surface area contributed by atoms with Crippen molar-refractivity contribution in [1.82, 2.24) is 14.2 Å². The lowest BCUT2D eigenvalue weighted by atomic mass is 9.97. The molecule has 2 fully saturated rings. The minimum absolute atomic E-state index is 0.00912. The molecule has 0 aliphatic carbocycles. The molecule has 0 spiro atoms. The van der Waals surface area contributed by atoms with E-state index in [0.717, 1.165) is 6.54 Å². The van der Waals surface area contributed by atoms with Gasteiger partial charge in [0.15, 0.2) is 5.58 Å². The number of ether oxygens (including phenoxy) is 1. The van der Waals surface area contributed by atoms with E-state index in [1.807, 2.05) is 20.8 Å². The predicted molar refractivity (Wildman–Crippen MR) is 103 cm³/mol. The lowest BCUT2D eigenvalue weighted by Gasteiger charge is -2.43. The molecule has 2 aliphatic rings. The van der Waals surface area contributed by atoms with Crippen molar-refractivity contribution in [3.63, 3.8) is 0 Å². The molecule has 3 heterocycles. The number of nitrogens with zero attached hydrogens (tertiary/aromatic N) is 3. The number of oxazole rings is 1. The zero-order chi connectivity index (χ0) is 19.4. The number of aromatic nitrogens is 1. The quantitative estimate of drug-likeness (QED) is 0.752. The fraction of sp³-hybridized carbons (Fsp3) is 0.611. The van der Waals surface area contributed by atoms with Crippen LogP contribution in [0.25, 0.3) is 11.1 Å². The fourth-order valence-corrected chi connectivity index (χ4v) is 5.66. The average molecular weight is 414 g/mol. The van der Waals surface area contributed by atoms with E-state index < -0.39 is 10.0 Å². The van der Waals surface area contributed by atoms with Crippen LogP contribution in [0, 0.1) is 0 Å². The lowest BCUT2D eigenvalue weighted by Crippen LogP contribution is -2.59. The molecule has 2 aliphatic heterocycles. The summed E-state index contributed by atoms with van der Waals surface area (Å²) in [6, 6.07) is 3.34. The predicted octanol–water partition coefficient (Wildman–Crippen LogP) is 2.48. The second-order valence-electron chi connectivity index (χ2n) is 8.12. The highest BCUT2D eigenvalue weighted by atomic mass is 35.5. The van der Waals surface area contributed by atoms with Crippen molar-refractivity contribution < 1.29 is 17.6 Å². The highest BCUT2D eigenvalue weighted by molar-refractivity contribution is 7.89. The van der Waals surface area contributed by atoms with Gasteiger partial charge < -0.3 is 9.15 Å². The van der Waals surface area contributed by atoms with Crippen LogP contribution in [0.4, 0.5) is 0 Å². The van der Waals surface area contributed by atoms with Crippen LogP contribution in [0.15, 0.2) is 21.4 Å². The second-order valence-corrected chi connectivity index (χ2v) is 10.4. The van der Waals surface area contributed by atoms with Crippen LogP contribution in [0.1, 0.15) is 26.7 Å². The number of morpholine rings is 1. The minimum atomic E-state index is -3.82. The van der Waals surface area contributed by atoms with E-state index in [2.05, 4.69) is 9.88 Å². The second kappa shape index (κ2) is 6.70. The summed E-state index contributed by atoms with van der Waals surface area (Å²) in [6.07, 6.45) is 0. The normalized spacial score (nSPS) is 22.9. The van der Waals surface area contributed by atoms with Gasteiger partial charge in [0.1, 0.15) is 10.4 Å². The molecule has 27 heavy (non-hydrogen) atoms. The standard InChI is InChI=1S/C18H24ClN3O4S/c1-18(2,3)17-20-14-5-4-13(19)16(15(14)26-17)27(23,24)22-7-6-21-8-9-25-11-12(21)10-22/h4-5,12H,6-11H2,1-3H3/t12-/m1/s1. The van der Waals surface area contributed by atoms with Crippen molar-refractivity contribution in [2.45, 2.75) is 37.1 Å². The lowest BCUT2D eigenvalue weighted by molar-refractivity contribution is -0.0304. The van der Waals surface area contributed by atoms with E-state index in [1.165, 1.54) is 4.31 Å². The zero-order valence-electron chi connectivity index (χ0n) is 15.7. The first-order valence-electron chi connectivity index (χ1n) is 9.09. The SMILES string of the molecule is CC(C)(C)c1nc2ccc(Cl)c(S(=O)(=O)N3CCN4CCOC[C@H]4C3)c2o1. The highest BCUT2D eigenvalue weighted by Gasteiger charge is 2.38. The Hall–Kier alpha value is -1.19.